The number of hydrogen-bond acceptors (Lipinski definition) is 4. The fourth-order valence-electron chi connectivity index (χ4n) is 10.2. The predicted molar refractivity (Wildman–Crippen MR) is 160 cm³/mol. The van der Waals surface area contributed by atoms with E-state index in [2.05, 4.69) is 26.8 Å². The lowest BCUT2D eigenvalue weighted by molar-refractivity contribution is -0.0389. The number of aliphatic hydroxyl groups is 2. The Kier molecular flexibility index (Phi) is 7.61. The third-order valence-corrected chi connectivity index (χ3v) is 15.0. The van der Waals surface area contributed by atoms with Crippen molar-refractivity contribution in [2.24, 2.45) is 40.4 Å². The smallest absolute Gasteiger partial charge is 0.181 e. The standard InChI is InChI=1S/C35H52O4S/c1-33(2)17-19-35(37,20-18-33)23-28(40(38,39)27-7-5-4-6-8-27)22-25-10-14-32-31-12-9-24-21-26(36)11-13-29(24)30(31)15-16-34(25,32)3/h4-9,25-26,28-32,36-37H,10-23H2,1-3H3/t25-,26?,28?,29?,30?,31?,32?,34?/m1/s1. The zero-order chi connectivity index (χ0) is 28.3. The summed E-state index contributed by atoms with van der Waals surface area (Å²) in [6.07, 6.45) is 15.5. The van der Waals surface area contributed by atoms with E-state index in [1.807, 2.05) is 18.2 Å². The Morgan fingerprint density at radius 2 is 1.62 bits per heavy atom. The van der Waals surface area contributed by atoms with E-state index in [1.54, 1.807) is 12.1 Å². The fourth-order valence-corrected chi connectivity index (χ4v) is 12.1. The number of aliphatic hydroxyl groups excluding tert-OH is 1. The summed E-state index contributed by atoms with van der Waals surface area (Å²) in [5, 5.41) is 21.5. The van der Waals surface area contributed by atoms with Crippen molar-refractivity contribution in [2.75, 3.05) is 0 Å². The highest BCUT2D eigenvalue weighted by Crippen LogP contribution is 2.64. The van der Waals surface area contributed by atoms with Gasteiger partial charge in [0.05, 0.1) is 21.9 Å². The molecule has 5 heteroatoms. The molecule has 5 aliphatic rings. The lowest BCUT2D eigenvalue weighted by Gasteiger charge is -2.54. The Morgan fingerprint density at radius 1 is 0.900 bits per heavy atom. The summed E-state index contributed by atoms with van der Waals surface area (Å²) in [4.78, 5) is 0.410. The molecule has 0 aliphatic heterocycles. The van der Waals surface area contributed by atoms with Crippen molar-refractivity contribution in [2.45, 2.75) is 133 Å². The molecule has 8 atom stereocenters. The summed E-state index contributed by atoms with van der Waals surface area (Å²) < 4.78 is 28.4. The van der Waals surface area contributed by atoms with Crippen LogP contribution in [0.15, 0.2) is 46.9 Å². The van der Waals surface area contributed by atoms with Crippen LogP contribution in [-0.4, -0.2) is 35.6 Å². The second kappa shape index (κ2) is 10.5. The van der Waals surface area contributed by atoms with Crippen molar-refractivity contribution in [3.05, 3.63) is 42.0 Å². The second-order valence-electron chi connectivity index (χ2n) is 15.6. The van der Waals surface area contributed by atoms with Crippen LogP contribution in [0, 0.1) is 40.4 Å². The van der Waals surface area contributed by atoms with Crippen molar-refractivity contribution < 1.29 is 18.6 Å². The van der Waals surface area contributed by atoms with Crippen LogP contribution in [0.1, 0.15) is 111 Å². The quantitative estimate of drug-likeness (QED) is 0.349. The van der Waals surface area contributed by atoms with Gasteiger partial charge in [0.25, 0.3) is 0 Å². The SMILES string of the molecule is CC1(C)CCC(O)(CC(C[C@H]2CCC3C4CC=C5CC(O)CCC5C4CCC32C)S(=O)(=O)c2ccccc2)CC1. The third kappa shape index (κ3) is 5.26. The van der Waals surface area contributed by atoms with Gasteiger partial charge in [-0.1, -0.05) is 50.6 Å². The van der Waals surface area contributed by atoms with Crippen LogP contribution in [0.3, 0.4) is 0 Å². The Bertz CT molecular complexity index is 1190. The molecule has 0 bridgehead atoms. The largest absolute Gasteiger partial charge is 0.393 e. The van der Waals surface area contributed by atoms with Crippen LogP contribution < -0.4 is 0 Å². The van der Waals surface area contributed by atoms with Gasteiger partial charge >= 0.3 is 0 Å². The van der Waals surface area contributed by atoms with Crippen LogP contribution in [-0.2, 0) is 9.84 Å². The first-order chi connectivity index (χ1) is 18.9. The van der Waals surface area contributed by atoms with Gasteiger partial charge in [-0.3, -0.25) is 0 Å². The summed E-state index contributed by atoms with van der Waals surface area (Å²) in [6, 6.07) is 9.01. The summed E-state index contributed by atoms with van der Waals surface area (Å²) in [7, 11) is -3.56. The molecule has 0 heterocycles. The minimum absolute atomic E-state index is 0.155. The molecule has 1 aromatic carbocycles. The van der Waals surface area contributed by atoms with Gasteiger partial charge in [0, 0.05) is 0 Å². The predicted octanol–water partition coefficient (Wildman–Crippen LogP) is 7.49. The van der Waals surface area contributed by atoms with Crippen LogP contribution in [0.25, 0.3) is 0 Å². The van der Waals surface area contributed by atoms with Gasteiger partial charge in [0.1, 0.15) is 0 Å². The van der Waals surface area contributed by atoms with Gasteiger partial charge < -0.3 is 10.2 Å². The number of hydrogen-bond donors (Lipinski definition) is 2. The summed E-state index contributed by atoms with van der Waals surface area (Å²) >= 11 is 0. The van der Waals surface area contributed by atoms with E-state index < -0.39 is 20.7 Å². The Balaban J connectivity index is 1.25. The molecule has 0 spiro atoms. The highest BCUT2D eigenvalue weighted by atomic mass is 32.2. The normalized spacial score (nSPS) is 39.4. The van der Waals surface area contributed by atoms with E-state index >= 15 is 0 Å². The van der Waals surface area contributed by atoms with E-state index in [1.165, 1.54) is 24.8 Å². The van der Waals surface area contributed by atoms with E-state index in [-0.39, 0.29) is 16.9 Å². The maximum absolute atomic E-state index is 14.2. The van der Waals surface area contributed by atoms with Gasteiger partial charge in [-0.05, 0) is 142 Å². The Labute approximate surface area is 243 Å². The van der Waals surface area contributed by atoms with Crippen molar-refractivity contribution in [3.63, 3.8) is 0 Å². The molecule has 0 amide bonds. The first-order valence-corrected chi connectivity index (χ1v) is 17.8. The molecule has 6 rings (SSSR count). The van der Waals surface area contributed by atoms with E-state index in [9.17, 15) is 18.6 Å². The van der Waals surface area contributed by atoms with Crippen molar-refractivity contribution in [3.8, 4) is 0 Å². The maximum atomic E-state index is 14.2. The minimum atomic E-state index is -3.56. The minimum Gasteiger partial charge on any atom is -0.393 e. The monoisotopic (exact) mass is 568 g/mol. The van der Waals surface area contributed by atoms with Crippen molar-refractivity contribution >= 4 is 9.84 Å². The van der Waals surface area contributed by atoms with Gasteiger partial charge in [-0.25, -0.2) is 8.42 Å². The first kappa shape index (κ1) is 28.9. The maximum Gasteiger partial charge on any atom is 0.181 e. The average Bonchev–Trinajstić information content (AvgIpc) is 3.26. The number of rotatable bonds is 6. The Hall–Kier alpha value is -1.17. The molecule has 0 saturated heterocycles. The van der Waals surface area contributed by atoms with Crippen LogP contribution >= 0.6 is 0 Å². The molecule has 222 valence electrons. The van der Waals surface area contributed by atoms with Gasteiger partial charge in [0.2, 0.25) is 0 Å². The number of benzene rings is 1. The van der Waals surface area contributed by atoms with Crippen LogP contribution in [0.2, 0.25) is 0 Å². The van der Waals surface area contributed by atoms with Gasteiger partial charge in [-0.2, -0.15) is 0 Å². The molecule has 4 saturated carbocycles. The summed E-state index contributed by atoms with van der Waals surface area (Å²) in [5.41, 5.74) is 1.02. The molecule has 2 N–H and O–H groups in total. The highest BCUT2D eigenvalue weighted by Gasteiger charge is 2.56. The lowest BCUT2D eigenvalue weighted by Crippen LogP contribution is -2.47. The van der Waals surface area contributed by atoms with E-state index in [0.29, 0.717) is 54.3 Å². The van der Waals surface area contributed by atoms with Gasteiger partial charge in [-0.15, -0.1) is 0 Å². The van der Waals surface area contributed by atoms with Crippen LogP contribution in [0.5, 0.6) is 0 Å². The van der Waals surface area contributed by atoms with Crippen molar-refractivity contribution in [1.82, 2.24) is 0 Å². The fraction of sp³-hybridized carbons (Fsp3) is 0.771. The van der Waals surface area contributed by atoms with Gasteiger partial charge in [0.15, 0.2) is 9.84 Å². The number of allylic oxidation sites excluding steroid dienone is 1. The second-order valence-corrected chi connectivity index (χ2v) is 17.8. The van der Waals surface area contributed by atoms with E-state index in [0.717, 1.165) is 50.9 Å². The molecule has 4 fully saturated rings. The molecule has 40 heavy (non-hydrogen) atoms. The highest BCUT2D eigenvalue weighted by molar-refractivity contribution is 7.92. The zero-order valence-electron chi connectivity index (χ0n) is 25.0. The van der Waals surface area contributed by atoms with Crippen molar-refractivity contribution in [1.29, 1.82) is 0 Å². The molecule has 0 radical (unpaired) electrons. The average molecular weight is 569 g/mol. The summed E-state index contributed by atoms with van der Waals surface area (Å²) in [6.45, 7) is 7.01. The lowest BCUT2D eigenvalue weighted by atomic mass is 9.51. The summed E-state index contributed by atoms with van der Waals surface area (Å²) in [5.74, 6) is 3.12. The molecular formula is C35H52O4S. The molecule has 4 nitrogen and oxygen atoms in total. The molecular weight excluding hydrogens is 516 g/mol. The molecule has 7 unspecified atom stereocenters. The number of sulfone groups is 1. The number of fused-ring (bicyclic) bond motifs is 5. The molecule has 5 aliphatic carbocycles. The molecule has 0 aromatic heterocycles. The van der Waals surface area contributed by atoms with Crippen LogP contribution in [0.4, 0.5) is 0 Å². The Morgan fingerprint density at radius 3 is 2.35 bits per heavy atom. The first-order valence-electron chi connectivity index (χ1n) is 16.3. The van der Waals surface area contributed by atoms with E-state index in [4.69, 9.17) is 0 Å². The topological polar surface area (TPSA) is 74.6 Å². The third-order valence-electron chi connectivity index (χ3n) is 12.8. The zero-order valence-corrected chi connectivity index (χ0v) is 25.8. The molecule has 1 aromatic rings.